The highest BCUT2D eigenvalue weighted by atomic mass is 16.4. The molecular weight excluding hydrogens is 370 g/mol. The summed E-state index contributed by atoms with van der Waals surface area (Å²) in [5.41, 5.74) is 10.7. The van der Waals surface area contributed by atoms with Crippen molar-refractivity contribution in [3.05, 3.63) is 0 Å². The van der Waals surface area contributed by atoms with E-state index in [0.717, 1.165) is 0 Å². The van der Waals surface area contributed by atoms with Crippen LogP contribution in [0.1, 0.15) is 39.0 Å². The summed E-state index contributed by atoms with van der Waals surface area (Å²) in [6, 6.07) is -3.70. The number of nitrogens with one attached hydrogen (secondary N) is 1. The van der Waals surface area contributed by atoms with Crippen molar-refractivity contribution in [3.8, 4) is 0 Å². The summed E-state index contributed by atoms with van der Waals surface area (Å²) in [5.74, 6) is -3.55. The van der Waals surface area contributed by atoms with E-state index in [1.54, 1.807) is 6.92 Å². The Morgan fingerprint density at radius 3 is 2.18 bits per heavy atom. The first-order valence-electron chi connectivity index (χ1n) is 9.31. The average molecular weight is 397 g/mol. The van der Waals surface area contributed by atoms with Crippen molar-refractivity contribution in [1.29, 1.82) is 0 Å². The number of carbonyl (C=O) groups is 5. The number of rotatable bonds is 7. The van der Waals surface area contributed by atoms with Crippen LogP contribution in [0.5, 0.6) is 0 Å². The third-order valence-electron chi connectivity index (χ3n) is 5.07. The third kappa shape index (κ3) is 4.77. The average Bonchev–Trinajstić information content (AvgIpc) is 3.28. The van der Waals surface area contributed by atoms with Gasteiger partial charge in [-0.25, -0.2) is 4.79 Å². The Kier molecular flexibility index (Phi) is 6.95. The van der Waals surface area contributed by atoms with Crippen molar-refractivity contribution in [2.45, 2.75) is 63.2 Å². The second-order valence-electron chi connectivity index (χ2n) is 7.24. The number of carboxylic acid groups (broad SMARTS) is 1. The van der Waals surface area contributed by atoms with E-state index in [1.807, 2.05) is 0 Å². The van der Waals surface area contributed by atoms with Crippen molar-refractivity contribution in [2.75, 3.05) is 13.1 Å². The van der Waals surface area contributed by atoms with Crippen LogP contribution in [0.4, 0.5) is 0 Å². The van der Waals surface area contributed by atoms with Crippen LogP contribution in [-0.4, -0.2) is 81.8 Å². The van der Waals surface area contributed by atoms with E-state index < -0.39 is 48.4 Å². The second-order valence-corrected chi connectivity index (χ2v) is 7.24. The van der Waals surface area contributed by atoms with Gasteiger partial charge < -0.3 is 31.7 Å². The summed E-state index contributed by atoms with van der Waals surface area (Å²) in [6.45, 7) is 2.32. The van der Waals surface area contributed by atoms with Crippen LogP contribution in [-0.2, 0) is 24.0 Å². The lowest BCUT2D eigenvalue weighted by Gasteiger charge is -2.32. The molecule has 0 saturated carbocycles. The number of carbonyl (C=O) groups excluding carboxylic acids is 4. The number of primary amides is 1. The topological polar surface area (TPSA) is 176 Å². The lowest BCUT2D eigenvalue weighted by molar-refractivity contribution is -0.148. The molecule has 0 aliphatic carbocycles. The van der Waals surface area contributed by atoms with Crippen LogP contribution in [0.15, 0.2) is 0 Å². The quantitative estimate of drug-likeness (QED) is 0.375. The molecule has 2 aliphatic heterocycles. The van der Waals surface area contributed by atoms with Gasteiger partial charge >= 0.3 is 5.97 Å². The molecule has 4 atom stereocenters. The highest BCUT2D eigenvalue weighted by molar-refractivity contribution is 5.95. The van der Waals surface area contributed by atoms with E-state index in [9.17, 15) is 24.0 Å². The van der Waals surface area contributed by atoms with Gasteiger partial charge in [-0.3, -0.25) is 19.2 Å². The molecule has 28 heavy (non-hydrogen) atoms. The van der Waals surface area contributed by atoms with Crippen molar-refractivity contribution < 1.29 is 29.1 Å². The number of hydrogen-bond acceptors (Lipinski definition) is 6. The Balaban J connectivity index is 2.09. The molecule has 4 unspecified atom stereocenters. The summed E-state index contributed by atoms with van der Waals surface area (Å²) < 4.78 is 0. The number of aliphatic carboxylic acids is 1. The fourth-order valence-corrected chi connectivity index (χ4v) is 3.71. The molecule has 0 aromatic carbocycles. The summed E-state index contributed by atoms with van der Waals surface area (Å²) in [4.78, 5) is 62.9. The highest BCUT2D eigenvalue weighted by Gasteiger charge is 2.43. The standard InChI is InChI=1S/C17H27N5O6/c1-9(18)15(25)22-7-3-5-12(22)16(26)21-6-2-4-11(21)14(24)20-10(17(27)28)8-13(19)23/h9-12H,2-8,18H2,1H3,(H2,19,23)(H,20,24)(H,27,28). The van der Waals surface area contributed by atoms with Crippen molar-refractivity contribution >= 4 is 29.6 Å². The van der Waals surface area contributed by atoms with E-state index >= 15 is 0 Å². The molecule has 0 aromatic heterocycles. The van der Waals surface area contributed by atoms with Gasteiger partial charge in [-0.05, 0) is 32.6 Å². The Morgan fingerprint density at radius 2 is 1.64 bits per heavy atom. The van der Waals surface area contributed by atoms with Crippen LogP contribution in [0.2, 0.25) is 0 Å². The smallest absolute Gasteiger partial charge is 0.326 e. The van der Waals surface area contributed by atoms with E-state index in [2.05, 4.69) is 5.32 Å². The largest absolute Gasteiger partial charge is 0.480 e. The van der Waals surface area contributed by atoms with Crippen LogP contribution in [0, 0.1) is 0 Å². The van der Waals surface area contributed by atoms with Crippen molar-refractivity contribution in [3.63, 3.8) is 0 Å². The Bertz CT molecular complexity index is 666. The monoisotopic (exact) mass is 397 g/mol. The zero-order valence-electron chi connectivity index (χ0n) is 15.8. The van der Waals surface area contributed by atoms with Crippen LogP contribution >= 0.6 is 0 Å². The minimum atomic E-state index is -1.45. The minimum Gasteiger partial charge on any atom is -0.480 e. The zero-order chi connectivity index (χ0) is 21.0. The highest BCUT2D eigenvalue weighted by Crippen LogP contribution is 2.25. The maximum atomic E-state index is 13.0. The van der Waals surface area contributed by atoms with Gasteiger partial charge in [0.25, 0.3) is 0 Å². The third-order valence-corrected chi connectivity index (χ3v) is 5.07. The van der Waals surface area contributed by atoms with Gasteiger partial charge in [-0.2, -0.15) is 0 Å². The molecule has 2 aliphatic rings. The van der Waals surface area contributed by atoms with Crippen molar-refractivity contribution in [1.82, 2.24) is 15.1 Å². The molecule has 6 N–H and O–H groups in total. The Morgan fingerprint density at radius 1 is 1.07 bits per heavy atom. The van der Waals surface area contributed by atoms with E-state index in [1.165, 1.54) is 9.80 Å². The van der Waals surface area contributed by atoms with Gasteiger partial charge in [0.2, 0.25) is 23.6 Å². The zero-order valence-corrected chi connectivity index (χ0v) is 15.8. The maximum Gasteiger partial charge on any atom is 0.326 e. The normalized spacial score (nSPS) is 23.9. The number of likely N-dealkylation sites (tertiary alicyclic amines) is 2. The molecule has 2 fully saturated rings. The molecule has 0 spiro atoms. The molecule has 156 valence electrons. The fraction of sp³-hybridized carbons (Fsp3) is 0.706. The molecule has 0 bridgehead atoms. The Labute approximate surface area is 162 Å². The van der Waals surface area contributed by atoms with Gasteiger partial charge in [0, 0.05) is 13.1 Å². The second kappa shape index (κ2) is 9.00. The Hall–Kier alpha value is -2.69. The first kappa shape index (κ1) is 21.6. The molecule has 0 radical (unpaired) electrons. The van der Waals surface area contributed by atoms with E-state index in [-0.39, 0.29) is 11.8 Å². The first-order valence-corrected chi connectivity index (χ1v) is 9.31. The van der Waals surface area contributed by atoms with E-state index in [0.29, 0.717) is 38.8 Å². The van der Waals surface area contributed by atoms with Crippen LogP contribution in [0.25, 0.3) is 0 Å². The minimum absolute atomic E-state index is 0.316. The molecular formula is C17H27N5O6. The van der Waals surface area contributed by atoms with Gasteiger partial charge in [-0.15, -0.1) is 0 Å². The lowest BCUT2D eigenvalue weighted by atomic mass is 10.1. The summed E-state index contributed by atoms with van der Waals surface area (Å²) in [6.07, 6.45) is 1.56. The van der Waals surface area contributed by atoms with Gasteiger partial charge in [0.1, 0.15) is 18.1 Å². The van der Waals surface area contributed by atoms with Crippen LogP contribution < -0.4 is 16.8 Å². The summed E-state index contributed by atoms with van der Waals surface area (Å²) >= 11 is 0. The number of nitrogens with two attached hydrogens (primary N) is 2. The summed E-state index contributed by atoms with van der Waals surface area (Å²) in [5, 5.41) is 11.4. The fourth-order valence-electron chi connectivity index (χ4n) is 3.71. The van der Waals surface area contributed by atoms with Crippen LogP contribution in [0.3, 0.4) is 0 Å². The predicted molar refractivity (Wildman–Crippen MR) is 96.5 cm³/mol. The molecule has 11 nitrogen and oxygen atoms in total. The number of carboxylic acids is 1. The molecule has 0 aromatic rings. The number of hydrogen-bond donors (Lipinski definition) is 4. The maximum absolute atomic E-state index is 13.0. The number of nitrogens with zero attached hydrogens (tertiary/aromatic N) is 2. The summed E-state index contributed by atoms with van der Waals surface area (Å²) in [7, 11) is 0. The predicted octanol–water partition coefficient (Wildman–Crippen LogP) is -2.24. The molecule has 2 rings (SSSR count). The van der Waals surface area contributed by atoms with Gasteiger partial charge in [0.05, 0.1) is 12.5 Å². The van der Waals surface area contributed by atoms with Gasteiger partial charge in [0.15, 0.2) is 0 Å². The molecule has 11 heteroatoms. The van der Waals surface area contributed by atoms with Crippen molar-refractivity contribution in [2.24, 2.45) is 11.5 Å². The van der Waals surface area contributed by atoms with E-state index in [4.69, 9.17) is 16.6 Å². The van der Waals surface area contributed by atoms with Gasteiger partial charge in [-0.1, -0.05) is 0 Å². The first-order chi connectivity index (χ1) is 13.1. The molecule has 4 amide bonds. The lowest BCUT2D eigenvalue weighted by Crippen LogP contribution is -2.56. The number of amides is 4. The SMILES string of the molecule is CC(N)C(=O)N1CCCC1C(=O)N1CCCC1C(=O)NC(CC(N)=O)C(=O)O. The molecule has 2 heterocycles. The molecule has 2 saturated heterocycles.